The molecule has 0 aromatic carbocycles. The summed E-state index contributed by atoms with van der Waals surface area (Å²) in [5, 5.41) is 7.95. The number of amides is 2. The van der Waals surface area contributed by atoms with Crippen molar-refractivity contribution >= 4 is 28.9 Å². The van der Waals surface area contributed by atoms with E-state index in [0.29, 0.717) is 44.2 Å². The zero-order valence-electron chi connectivity index (χ0n) is 19.6. The number of anilines is 1. The predicted molar refractivity (Wildman–Crippen MR) is 123 cm³/mol. The van der Waals surface area contributed by atoms with Crippen molar-refractivity contribution in [3.63, 3.8) is 0 Å². The lowest BCUT2D eigenvalue weighted by molar-refractivity contribution is -0.00206. The molecule has 2 aliphatic rings. The summed E-state index contributed by atoms with van der Waals surface area (Å²) >= 11 is 0. The molecule has 0 bridgehead atoms. The van der Waals surface area contributed by atoms with Crippen LogP contribution in [-0.2, 0) is 17.7 Å². The van der Waals surface area contributed by atoms with Crippen LogP contribution >= 0.6 is 0 Å². The van der Waals surface area contributed by atoms with Crippen molar-refractivity contribution < 1.29 is 18.8 Å². The van der Waals surface area contributed by atoms with Gasteiger partial charge in [0.15, 0.2) is 5.69 Å². The molecule has 0 unspecified atom stereocenters. The monoisotopic (exact) mass is 467 g/mol. The molecule has 0 spiro atoms. The van der Waals surface area contributed by atoms with Gasteiger partial charge in [0.2, 0.25) is 0 Å². The molecule has 180 valence electrons. The van der Waals surface area contributed by atoms with Crippen molar-refractivity contribution in [3.05, 3.63) is 35.6 Å². The number of aromatic nitrogens is 4. The smallest absolute Gasteiger partial charge is 0.410 e. The second-order valence-electron chi connectivity index (χ2n) is 9.84. The molecule has 1 fully saturated rings. The highest BCUT2D eigenvalue weighted by atomic mass is 16.6. The van der Waals surface area contributed by atoms with Gasteiger partial charge < -0.3 is 29.4 Å². The molecule has 34 heavy (non-hydrogen) atoms. The van der Waals surface area contributed by atoms with Crippen molar-refractivity contribution in [1.82, 2.24) is 30.3 Å². The lowest BCUT2D eigenvalue weighted by atomic mass is 9.97. The van der Waals surface area contributed by atoms with Gasteiger partial charge in [-0.25, -0.2) is 14.8 Å². The topological polar surface area (TPSA) is 129 Å². The van der Waals surface area contributed by atoms with E-state index in [2.05, 4.69) is 30.3 Å². The number of rotatable bonds is 5. The maximum absolute atomic E-state index is 12.8. The van der Waals surface area contributed by atoms with Gasteiger partial charge in [-0.3, -0.25) is 4.79 Å². The van der Waals surface area contributed by atoms with Crippen LogP contribution < -0.4 is 10.2 Å². The minimum Gasteiger partial charge on any atom is -0.444 e. The highest BCUT2D eigenvalue weighted by molar-refractivity contribution is 5.94. The van der Waals surface area contributed by atoms with E-state index >= 15 is 0 Å². The van der Waals surface area contributed by atoms with Crippen LogP contribution in [0.25, 0.3) is 11.0 Å². The minimum atomic E-state index is -0.496. The quantitative estimate of drug-likeness (QED) is 0.585. The number of ether oxygens (including phenoxy) is 1. The van der Waals surface area contributed by atoms with Crippen molar-refractivity contribution in [2.75, 3.05) is 31.1 Å². The second-order valence-corrected chi connectivity index (χ2v) is 9.84. The van der Waals surface area contributed by atoms with Crippen LogP contribution in [0.1, 0.15) is 49.0 Å². The number of nitrogens with zero attached hydrogens (tertiary/aromatic N) is 5. The van der Waals surface area contributed by atoms with Gasteiger partial charge in [0, 0.05) is 44.4 Å². The van der Waals surface area contributed by atoms with E-state index in [9.17, 15) is 9.59 Å². The lowest BCUT2D eigenvalue weighted by Crippen LogP contribution is -2.52. The van der Waals surface area contributed by atoms with Crippen LogP contribution in [0.4, 0.5) is 10.6 Å². The minimum absolute atomic E-state index is 0.246. The number of aromatic amines is 1. The SMILES string of the molecule is CC(C)(C)OC(=O)N1CC(CCNC(=O)c2noc3c2CN(c2ncnc4[nH]ccc24)CC3)C1. The molecule has 11 nitrogen and oxygen atoms in total. The van der Waals surface area contributed by atoms with Crippen molar-refractivity contribution in [1.29, 1.82) is 0 Å². The summed E-state index contributed by atoms with van der Waals surface area (Å²) < 4.78 is 10.8. The van der Waals surface area contributed by atoms with Gasteiger partial charge in [-0.15, -0.1) is 0 Å². The summed E-state index contributed by atoms with van der Waals surface area (Å²) in [6, 6.07) is 1.95. The van der Waals surface area contributed by atoms with Crippen LogP contribution in [0.5, 0.6) is 0 Å². The van der Waals surface area contributed by atoms with Crippen LogP contribution in [0.2, 0.25) is 0 Å². The number of likely N-dealkylation sites (tertiary alicyclic amines) is 1. The van der Waals surface area contributed by atoms with E-state index in [-0.39, 0.29) is 12.0 Å². The lowest BCUT2D eigenvalue weighted by Gasteiger charge is -2.39. The highest BCUT2D eigenvalue weighted by Gasteiger charge is 2.34. The summed E-state index contributed by atoms with van der Waals surface area (Å²) in [5.41, 5.74) is 1.40. The Morgan fingerprint density at radius 1 is 1.29 bits per heavy atom. The Morgan fingerprint density at radius 3 is 2.91 bits per heavy atom. The normalized spacial score (nSPS) is 16.3. The molecule has 5 rings (SSSR count). The Kier molecular flexibility index (Phi) is 5.62. The van der Waals surface area contributed by atoms with Crippen LogP contribution in [0, 0.1) is 5.92 Å². The molecule has 2 amide bonds. The van der Waals surface area contributed by atoms with E-state index in [1.807, 2.05) is 33.0 Å². The van der Waals surface area contributed by atoms with Gasteiger partial charge >= 0.3 is 6.09 Å². The summed E-state index contributed by atoms with van der Waals surface area (Å²) in [6.45, 7) is 8.57. The summed E-state index contributed by atoms with van der Waals surface area (Å²) in [6.07, 6.45) is 4.52. The van der Waals surface area contributed by atoms with Gasteiger partial charge in [0.25, 0.3) is 5.91 Å². The van der Waals surface area contributed by atoms with Crippen molar-refractivity contribution in [2.45, 2.75) is 45.8 Å². The Labute approximate surface area is 196 Å². The third-order valence-corrected chi connectivity index (χ3v) is 6.12. The number of H-pyrrole nitrogens is 1. The van der Waals surface area contributed by atoms with Crippen LogP contribution in [0.3, 0.4) is 0 Å². The Bertz CT molecular complexity index is 1210. The molecule has 5 heterocycles. The summed E-state index contributed by atoms with van der Waals surface area (Å²) in [4.78, 5) is 40.5. The van der Waals surface area contributed by atoms with Gasteiger partial charge in [0.05, 0.1) is 11.9 Å². The molecular formula is C23H29N7O4. The van der Waals surface area contributed by atoms with Crippen molar-refractivity contribution in [2.24, 2.45) is 5.92 Å². The Balaban J connectivity index is 1.15. The first-order chi connectivity index (χ1) is 16.3. The maximum atomic E-state index is 12.8. The number of fused-ring (bicyclic) bond motifs is 2. The fraction of sp³-hybridized carbons (Fsp3) is 0.522. The molecular weight excluding hydrogens is 438 g/mol. The van der Waals surface area contributed by atoms with E-state index in [1.54, 1.807) is 4.90 Å². The maximum Gasteiger partial charge on any atom is 0.410 e. The molecule has 0 atom stereocenters. The average Bonchev–Trinajstić information content (AvgIpc) is 3.40. The Hall–Kier alpha value is -3.63. The first-order valence-electron chi connectivity index (χ1n) is 11.5. The van der Waals surface area contributed by atoms with E-state index in [0.717, 1.165) is 41.1 Å². The fourth-order valence-corrected chi connectivity index (χ4v) is 4.38. The van der Waals surface area contributed by atoms with E-state index < -0.39 is 5.60 Å². The third kappa shape index (κ3) is 4.42. The number of hydrogen-bond donors (Lipinski definition) is 2. The van der Waals surface area contributed by atoms with E-state index in [4.69, 9.17) is 9.26 Å². The summed E-state index contributed by atoms with van der Waals surface area (Å²) in [7, 11) is 0. The highest BCUT2D eigenvalue weighted by Crippen LogP contribution is 2.29. The number of carbonyl (C=O) groups excluding carboxylic acids is 2. The van der Waals surface area contributed by atoms with E-state index in [1.165, 1.54) is 6.33 Å². The predicted octanol–water partition coefficient (Wildman–Crippen LogP) is 2.50. The van der Waals surface area contributed by atoms with Gasteiger partial charge in [-0.05, 0) is 39.2 Å². The Morgan fingerprint density at radius 2 is 2.12 bits per heavy atom. The van der Waals surface area contributed by atoms with Gasteiger partial charge in [-0.1, -0.05) is 5.16 Å². The zero-order chi connectivity index (χ0) is 23.9. The zero-order valence-corrected chi connectivity index (χ0v) is 19.6. The van der Waals surface area contributed by atoms with Gasteiger partial charge in [0.1, 0.15) is 29.2 Å². The van der Waals surface area contributed by atoms with Crippen LogP contribution in [-0.4, -0.2) is 68.8 Å². The molecule has 2 N–H and O–H groups in total. The fourth-order valence-electron chi connectivity index (χ4n) is 4.38. The third-order valence-electron chi connectivity index (χ3n) is 6.12. The summed E-state index contributed by atoms with van der Waals surface area (Å²) in [5.74, 6) is 1.66. The number of carbonyl (C=O) groups is 2. The molecule has 0 aliphatic carbocycles. The second kappa shape index (κ2) is 8.62. The van der Waals surface area contributed by atoms with Crippen molar-refractivity contribution in [3.8, 4) is 0 Å². The molecule has 1 saturated heterocycles. The first kappa shape index (κ1) is 22.2. The molecule has 2 aliphatic heterocycles. The molecule has 3 aromatic heterocycles. The number of hydrogen-bond acceptors (Lipinski definition) is 8. The molecule has 0 saturated carbocycles. The standard InChI is InChI=1S/C23H29N7O4/c1-23(2,3)33-22(32)30-10-14(11-30)4-7-25-21(31)18-16-12-29(9-6-17(16)34-28-18)20-15-5-8-24-19(15)26-13-27-20/h5,8,13-14H,4,6-7,9-12H2,1-3H3,(H,25,31)(H,24,26,27). The first-order valence-corrected chi connectivity index (χ1v) is 11.5. The number of nitrogens with one attached hydrogen (secondary N) is 2. The van der Waals surface area contributed by atoms with Crippen LogP contribution in [0.15, 0.2) is 23.1 Å². The molecule has 11 heteroatoms. The molecule has 3 aromatic rings. The molecule has 0 radical (unpaired) electrons. The average molecular weight is 468 g/mol. The largest absolute Gasteiger partial charge is 0.444 e. The van der Waals surface area contributed by atoms with Gasteiger partial charge in [-0.2, -0.15) is 0 Å².